The van der Waals surface area contributed by atoms with Crippen LogP contribution in [0.2, 0.25) is 5.02 Å². The van der Waals surface area contributed by atoms with E-state index >= 15 is 0 Å². The number of aromatic nitrogens is 3. The van der Waals surface area contributed by atoms with Gasteiger partial charge in [0.2, 0.25) is 17.6 Å². The fourth-order valence-electron chi connectivity index (χ4n) is 4.09. The van der Waals surface area contributed by atoms with Gasteiger partial charge >= 0.3 is 0 Å². The fraction of sp³-hybridized carbons (Fsp3) is 0.333. The van der Waals surface area contributed by atoms with Crippen molar-refractivity contribution in [3.05, 3.63) is 64.2 Å². The zero-order valence-corrected chi connectivity index (χ0v) is 19.4. The smallest absolute Gasteiger partial charge is 0.226 e. The van der Waals surface area contributed by atoms with E-state index in [1.165, 1.54) is 12.1 Å². The van der Waals surface area contributed by atoms with E-state index in [9.17, 15) is 9.18 Å². The van der Waals surface area contributed by atoms with Gasteiger partial charge in [0, 0.05) is 42.4 Å². The molecule has 2 aromatic heterocycles. The first-order chi connectivity index (χ1) is 16.0. The summed E-state index contributed by atoms with van der Waals surface area (Å²) in [6, 6.07) is 11.8. The van der Waals surface area contributed by atoms with E-state index in [-0.39, 0.29) is 11.7 Å². The summed E-state index contributed by atoms with van der Waals surface area (Å²) in [6.07, 6.45) is 3.46. The molecular formula is C24H22ClFN4O2S. The lowest BCUT2D eigenvalue weighted by Crippen LogP contribution is -2.37. The average Bonchev–Trinajstić information content (AvgIpc) is 3.46. The van der Waals surface area contributed by atoms with Gasteiger partial charge in [0.05, 0.1) is 15.2 Å². The summed E-state index contributed by atoms with van der Waals surface area (Å²) in [5, 5.41) is 5.78. The number of hydrogen-bond donors (Lipinski definition) is 0. The van der Waals surface area contributed by atoms with Crippen molar-refractivity contribution in [2.45, 2.75) is 38.0 Å². The van der Waals surface area contributed by atoms with Crippen molar-refractivity contribution in [3.63, 3.8) is 0 Å². The van der Waals surface area contributed by atoms with E-state index in [2.05, 4.69) is 10.1 Å². The van der Waals surface area contributed by atoms with Crippen molar-refractivity contribution >= 4 is 39.1 Å². The topological polar surface area (TPSA) is 72.1 Å². The Labute approximate surface area is 199 Å². The van der Waals surface area contributed by atoms with Crippen molar-refractivity contribution in [1.82, 2.24) is 20.0 Å². The van der Waals surface area contributed by atoms with Crippen LogP contribution in [0, 0.1) is 5.82 Å². The van der Waals surface area contributed by atoms with Gasteiger partial charge in [-0.05, 0) is 61.7 Å². The first-order valence-electron chi connectivity index (χ1n) is 11.0. The molecule has 5 rings (SSSR count). The Morgan fingerprint density at radius 3 is 2.73 bits per heavy atom. The highest BCUT2D eigenvalue weighted by Gasteiger charge is 2.26. The van der Waals surface area contributed by atoms with Crippen LogP contribution in [0.3, 0.4) is 0 Å². The van der Waals surface area contributed by atoms with E-state index in [1.807, 2.05) is 23.1 Å². The van der Waals surface area contributed by atoms with Gasteiger partial charge in [-0.2, -0.15) is 4.98 Å². The van der Waals surface area contributed by atoms with Crippen LogP contribution in [0.5, 0.6) is 0 Å². The van der Waals surface area contributed by atoms with Crippen LogP contribution >= 0.6 is 22.9 Å². The number of thiazole rings is 1. The molecule has 4 aromatic rings. The quantitative estimate of drug-likeness (QED) is 0.342. The van der Waals surface area contributed by atoms with Gasteiger partial charge < -0.3 is 9.42 Å². The molecule has 9 heteroatoms. The maximum atomic E-state index is 13.1. The second-order valence-electron chi connectivity index (χ2n) is 8.19. The van der Waals surface area contributed by atoms with Crippen LogP contribution in [-0.2, 0) is 11.2 Å². The predicted molar refractivity (Wildman–Crippen MR) is 126 cm³/mol. The molecule has 0 spiro atoms. The number of halogens is 2. The number of carbonyl (C=O) groups excluding carboxylic acids is 1. The highest BCUT2D eigenvalue weighted by Crippen LogP contribution is 2.34. The Morgan fingerprint density at radius 2 is 1.94 bits per heavy atom. The van der Waals surface area contributed by atoms with E-state index in [0.29, 0.717) is 47.5 Å². The predicted octanol–water partition coefficient (Wildman–Crippen LogP) is 5.87. The third kappa shape index (κ3) is 5.07. The number of benzene rings is 2. The standard InChI is InChI=1S/C24H22ClFN4O2S/c25-17-6-9-20-19(14-17)27-24(33-20)16-10-12-30(13-11-16)22(31)3-1-2-21-28-23(29-32-21)15-4-7-18(26)8-5-15/h4-9,14,16H,1-3,10-13H2. The Kier molecular flexibility index (Phi) is 6.37. The molecule has 0 aliphatic carbocycles. The number of piperidine rings is 1. The second-order valence-corrected chi connectivity index (χ2v) is 9.69. The van der Waals surface area contributed by atoms with Crippen LogP contribution in [0.4, 0.5) is 4.39 Å². The van der Waals surface area contributed by atoms with Gasteiger partial charge in [0.25, 0.3) is 0 Å². The molecule has 0 N–H and O–H groups in total. The maximum Gasteiger partial charge on any atom is 0.226 e. The van der Waals surface area contributed by atoms with E-state index in [4.69, 9.17) is 21.1 Å². The summed E-state index contributed by atoms with van der Waals surface area (Å²) >= 11 is 7.80. The Hall–Kier alpha value is -2.84. The highest BCUT2D eigenvalue weighted by molar-refractivity contribution is 7.18. The summed E-state index contributed by atoms with van der Waals surface area (Å²) in [5.41, 5.74) is 1.64. The molecule has 0 radical (unpaired) electrons. The molecular weight excluding hydrogens is 463 g/mol. The zero-order chi connectivity index (χ0) is 22.8. The van der Waals surface area contributed by atoms with Gasteiger partial charge in [-0.15, -0.1) is 11.3 Å². The maximum absolute atomic E-state index is 13.1. The van der Waals surface area contributed by atoms with Gasteiger partial charge in [-0.1, -0.05) is 16.8 Å². The fourth-order valence-corrected chi connectivity index (χ4v) is 5.37. The Morgan fingerprint density at radius 1 is 1.15 bits per heavy atom. The first kappa shape index (κ1) is 22.0. The lowest BCUT2D eigenvalue weighted by Gasteiger charge is -2.31. The molecule has 2 aromatic carbocycles. The van der Waals surface area contributed by atoms with Gasteiger partial charge in [0.15, 0.2) is 0 Å². The van der Waals surface area contributed by atoms with Crippen LogP contribution in [0.15, 0.2) is 47.0 Å². The van der Waals surface area contributed by atoms with Crippen molar-refractivity contribution in [2.75, 3.05) is 13.1 Å². The Bertz CT molecular complexity index is 1270. The minimum absolute atomic E-state index is 0.155. The minimum Gasteiger partial charge on any atom is -0.343 e. The van der Waals surface area contributed by atoms with Crippen LogP contribution in [0.1, 0.15) is 42.5 Å². The molecule has 33 heavy (non-hydrogen) atoms. The summed E-state index contributed by atoms with van der Waals surface area (Å²) in [4.78, 5) is 23.7. The molecule has 1 aliphatic heterocycles. The SMILES string of the molecule is O=C(CCCc1nc(-c2ccc(F)cc2)no1)N1CCC(c2nc3cc(Cl)ccc3s2)CC1. The van der Waals surface area contributed by atoms with Crippen molar-refractivity contribution in [3.8, 4) is 11.4 Å². The van der Waals surface area contributed by atoms with Gasteiger partial charge in [-0.25, -0.2) is 9.37 Å². The highest BCUT2D eigenvalue weighted by atomic mass is 35.5. The molecule has 6 nitrogen and oxygen atoms in total. The van der Waals surface area contributed by atoms with Crippen molar-refractivity contribution in [1.29, 1.82) is 0 Å². The number of hydrogen-bond acceptors (Lipinski definition) is 6. The van der Waals surface area contributed by atoms with Crippen LogP contribution in [-0.4, -0.2) is 39.0 Å². The normalized spacial score (nSPS) is 14.8. The number of rotatable bonds is 6. The third-order valence-corrected chi connectivity index (χ3v) is 7.35. The molecule has 170 valence electrons. The molecule has 1 amide bonds. The number of likely N-dealkylation sites (tertiary alicyclic amines) is 1. The zero-order valence-electron chi connectivity index (χ0n) is 17.8. The largest absolute Gasteiger partial charge is 0.343 e. The third-order valence-electron chi connectivity index (χ3n) is 5.91. The van der Waals surface area contributed by atoms with E-state index in [1.54, 1.807) is 23.5 Å². The lowest BCUT2D eigenvalue weighted by atomic mass is 9.97. The minimum atomic E-state index is -0.310. The molecule has 1 saturated heterocycles. The second kappa shape index (κ2) is 9.57. The van der Waals surface area contributed by atoms with Crippen LogP contribution < -0.4 is 0 Å². The van der Waals surface area contributed by atoms with Crippen molar-refractivity contribution in [2.24, 2.45) is 0 Å². The summed E-state index contributed by atoms with van der Waals surface area (Å²) in [6.45, 7) is 1.49. The number of carbonyl (C=O) groups is 1. The number of fused-ring (bicyclic) bond motifs is 1. The number of amides is 1. The van der Waals surface area contributed by atoms with Gasteiger partial charge in [-0.3, -0.25) is 4.79 Å². The molecule has 0 bridgehead atoms. The molecule has 0 unspecified atom stereocenters. The summed E-state index contributed by atoms with van der Waals surface area (Å²) in [7, 11) is 0. The van der Waals surface area contributed by atoms with Crippen LogP contribution in [0.25, 0.3) is 21.6 Å². The summed E-state index contributed by atoms with van der Waals surface area (Å²) < 4.78 is 19.5. The van der Waals surface area contributed by atoms with E-state index < -0.39 is 0 Å². The molecule has 0 saturated carbocycles. The van der Waals surface area contributed by atoms with E-state index in [0.717, 1.165) is 41.2 Å². The lowest BCUT2D eigenvalue weighted by molar-refractivity contribution is -0.132. The Balaban J connectivity index is 1.09. The van der Waals surface area contributed by atoms with Crippen molar-refractivity contribution < 1.29 is 13.7 Å². The average molecular weight is 485 g/mol. The molecule has 3 heterocycles. The first-order valence-corrected chi connectivity index (χ1v) is 12.2. The molecule has 0 atom stereocenters. The monoisotopic (exact) mass is 484 g/mol. The summed E-state index contributed by atoms with van der Waals surface area (Å²) in [5.74, 6) is 1.14. The molecule has 1 fully saturated rings. The molecule has 1 aliphatic rings. The number of nitrogens with zero attached hydrogens (tertiary/aromatic N) is 4. The number of aryl methyl sites for hydroxylation is 1. The van der Waals surface area contributed by atoms with Gasteiger partial charge in [0.1, 0.15) is 5.82 Å².